The van der Waals surface area contributed by atoms with Crippen molar-refractivity contribution >= 4 is 6.29 Å². The summed E-state index contributed by atoms with van der Waals surface area (Å²) in [7, 11) is 4.12. The van der Waals surface area contributed by atoms with E-state index in [4.69, 9.17) is 0 Å². The van der Waals surface area contributed by atoms with E-state index in [0.29, 0.717) is 0 Å². The van der Waals surface area contributed by atoms with Crippen molar-refractivity contribution in [2.45, 2.75) is 44.2 Å². The number of rotatable bonds is 6. The van der Waals surface area contributed by atoms with Crippen LogP contribution in [0.5, 0.6) is 0 Å². The van der Waals surface area contributed by atoms with E-state index in [1.807, 2.05) is 7.05 Å². The van der Waals surface area contributed by atoms with Gasteiger partial charge in [0.1, 0.15) is 6.29 Å². The number of hydrogen-bond donors (Lipinski definition) is 1. The van der Waals surface area contributed by atoms with Crippen molar-refractivity contribution in [1.82, 2.24) is 10.2 Å². The smallest absolute Gasteiger partial charge is 0.136 e. The minimum Gasteiger partial charge on any atom is -0.311 e. The molecule has 0 aromatic rings. The highest BCUT2D eigenvalue weighted by atomic mass is 16.1. The largest absolute Gasteiger partial charge is 0.311 e. The van der Waals surface area contributed by atoms with E-state index in [-0.39, 0.29) is 6.04 Å². The van der Waals surface area contributed by atoms with Gasteiger partial charge in [0.05, 0.1) is 6.04 Å². The molecule has 0 aromatic carbocycles. The van der Waals surface area contributed by atoms with Gasteiger partial charge in [-0.3, -0.25) is 0 Å². The second-order valence-electron chi connectivity index (χ2n) is 5.54. The Hall–Kier alpha value is -0.410. The molecule has 2 rings (SSSR count). The number of carbonyl (C=O) groups excluding carboxylic acids is 1. The average molecular weight is 224 g/mol. The Labute approximate surface area is 98.6 Å². The first-order chi connectivity index (χ1) is 7.74. The van der Waals surface area contributed by atoms with Crippen molar-refractivity contribution in [2.75, 3.05) is 20.6 Å². The van der Waals surface area contributed by atoms with E-state index >= 15 is 0 Å². The molecule has 0 aromatic heterocycles. The maximum atomic E-state index is 10.7. The van der Waals surface area contributed by atoms with Crippen LogP contribution in [0.4, 0.5) is 0 Å². The molecule has 92 valence electrons. The third-order valence-electron chi connectivity index (χ3n) is 4.41. The third kappa shape index (κ3) is 2.83. The van der Waals surface area contributed by atoms with Gasteiger partial charge in [0.2, 0.25) is 0 Å². The molecule has 0 bridgehead atoms. The molecule has 1 heterocycles. The minimum atomic E-state index is 0.0799. The summed E-state index contributed by atoms with van der Waals surface area (Å²) >= 11 is 0. The summed E-state index contributed by atoms with van der Waals surface area (Å²) in [5, 5.41) is 3.07. The van der Waals surface area contributed by atoms with Crippen LogP contribution in [0.1, 0.15) is 32.1 Å². The van der Waals surface area contributed by atoms with E-state index in [1.165, 1.54) is 32.2 Å². The summed E-state index contributed by atoms with van der Waals surface area (Å²) in [6.45, 7) is 1.27. The van der Waals surface area contributed by atoms with Gasteiger partial charge in [0.25, 0.3) is 0 Å². The van der Waals surface area contributed by atoms with Crippen LogP contribution in [0, 0.1) is 11.8 Å². The molecule has 0 unspecified atom stereocenters. The van der Waals surface area contributed by atoms with Crippen LogP contribution in [-0.4, -0.2) is 43.9 Å². The van der Waals surface area contributed by atoms with Gasteiger partial charge in [-0.25, -0.2) is 0 Å². The molecule has 0 amide bonds. The fourth-order valence-electron chi connectivity index (χ4n) is 3.08. The molecule has 0 spiro atoms. The van der Waals surface area contributed by atoms with Gasteiger partial charge in [-0.05, 0) is 64.6 Å². The Morgan fingerprint density at radius 1 is 1.50 bits per heavy atom. The monoisotopic (exact) mass is 224 g/mol. The topological polar surface area (TPSA) is 32.3 Å². The molecule has 1 saturated carbocycles. The molecule has 1 aliphatic heterocycles. The predicted octanol–water partition coefficient (Wildman–Crippen LogP) is 1.28. The Morgan fingerprint density at radius 3 is 2.88 bits per heavy atom. The second-order valence-corrected chi connectivity index (χ2v) is 5.54. The lowest BCUT2D eigenvalue weighted by Crippen LogP contribution is -2.28. The fourth-order valence-corrected chi connectivity index (χ4v) is 3.08. The van der Waals surface area contributed by atoms with Crippen molar-refractivity contribution in [3.05, 3.63) is 0 Å². The molecule has 0 radical (unpaired) electrons. The van der Waals surface area contributed by atoms with Crippen molar-refractivity contribution in [3.8, 4) is 0 Å². The molecule has 16 heavy (non-hydrogen) atoms. The number of nitrogens with zero attached hydrogens (tertiary/aromatic N) is 1. The zero-order chi connectivity index (χ0) is 11.5. The normalized spacial score (nSPS) is 36.2. The summed E-state index contributed by atoms with van der Waals surface area (Å²) in [6, 6.07) is 0.899. The van der Waals surface area contributed by atoms with Gasteiger partial charge in [-0.15, -0.1) is 0 Å². The Balaban J connectivity index is 1.68. The van der Waals surface area contributed by atoms with Crippen LogP contribution in [0.3, 0.4) is 0 Å². The SMILES string of the molecule is CN[C@H](C=O)C[C@H]1C[C@H]1C[C@H]1CCCN1C. The summed E-state index contributed by atoms with van der Waals surface area (Å²) in [4.78, 5) is 13.2. The number of likely N-dealkylation sites (tertiary alicyclic amines) is 1. The number of carbonyl (C=O) groups is 1. The van der Waals surface area contributed by atoms with Gasteiger partial charge >= 0.3 is 0 Å². The zero-order valence-electron chi connectivity index (χ0n) is 10.5. The lowest BCUT2D eigenvalue weighted by Gasteiger charge is -2.19. The van der Waals surface area contributed by atoms with Crippen molar-refractivity contribution in [1.29, 1.82) is 0 Å². The van der Waals surface area contributed by atoms with Crippen molar-refractivity contribution < 1.29 is 4.79 Å². The number of aldehydes is 1. The first-order valence-electron chi connectivity index (χ1n) is 6.57. The van der Waals surface area contributed by atoms with Gasteiger partial charge in [0, 0.05) is 6.04 Å². The lowest BCUT2D eigenvalue weighted by atomic mass is 10.0. The minimum absolute atomic E-state index is 0.0799. The standard InChI is InChI=1S/C13H24N2O/c1-14-12(9-16)7-10-6-11(10)8-13-4-3-5-15(13)2/h9-14H,3-8H2,1-2H3/t10-,11+,12+,13-/m1/s1. The van der Waals surface area contributed by atoms with Gasteiger partial charge in [-0.1, -0.05) is 0 Å². The van der Waals surface area contributed by atoms with Gasteiger partial charge in [-0.2, -0.15) is 0 Å². The Morgan fingerprint density at radius 2 is 2.31 bits per heavy atom. The zero-order valence-corrected chi connectivity index (χ0v) is 10.5. The summed E-state index contributed by atoms with van der Waals surface area (Å²) in [6.07, 6.45) is 7.54. The van der Waals surface area contributed by atoms with Crippen molar-refractivity contribution in [3.63, 3.8) is 0 Å². The quantitative estimate of drug-likeness (QED) is 0.690. The maximum Gasteiger partial charge on any atom is 0.136 e. The molecule has 3 nitrogen and oxygen atoms in total. The molecular weight excluding hydrogens is 200 g/mol. The first-order valence-corrected chi connectivity index (χ1v) is 6.57. The van der Waals surface area contributed by atoms with Gasteiger partial charge < -0.3 is 15.0 Å². The molecule has 2 fully saturated rings. The molecule has 4 atom stereocenters. The fraction of sp³-hybridized carbons (Fsp3) is 0.923. The van der Waals surface area contributed by atoms with Crippen LogP contribution in [0.15, 0.2) is 0 Å². The predicted molar refractivity (Wildman–Crippen MR) is 65.4 cm³/mol. The number of likely N-dealkylation sites (N-methyl/N-ethyl adjacent to an activating group) is 1. The number of hydrogen-bond acceptors (Lipinski definition) is 3. The molecular formula is C13H24N2O. The Kier molecular flexibility index (Phi) is 3.98. The van der Waals surface area contributed by atoms with E-state index in [2.05, 4.69) is 17.3 Å². The maximum absolute atomic E-state index is 10.7. The highest BCUT2D eigenvalue weighted by Gasteiger charge is 2.40. The molecule has 3 heteroatoms. The Bertz CT molecular complexity index is 244. The second kappa shape index (κ2) is 5.28. The molecule has 1 saturated heterocycles. The third-order valence-corrected chi connectivity index (χ3v) is 4.41. The van der Waals surface area contributed by atoms with Crippen LogP contribution in [0.25, 0.3) is 0 Å². The molecule has 1 aliphatic carbocycles. The van der Waals surface area contributed by atoms with E-state index in [1.54, 1.807) is 0 Å². The molecule has 2 aliphatic rings. The highest BCUT2D eigenvalue weighted by molar-refractivity contribution is 5.57. The average Bonchev–Trinajstić information content (AvgIpc) is 2.89. The lowest BCUT2D eigenvalue weighted by molar-refractivity contribution is -0.109. The summed E-state index contributed by atoms with van der Waals surface area (Å²) < 4.78 is 0. The summed E-state index contributed by atoms with van der Waals surface area (Å²) in [5.74, 6) is 1.69. The van der Waals surface area contributed by atoms with Crippen LogP contribution >= 0.6 is 0 Å². The highest BCUT2D eigenvalue weighted by Crippen LogP contribution is 2.46. The number of nitrogens with one attached hydrogen (secondary N) is 1. The summed E-state index contributed by atoms with van der Waals surface area (Å²) in [5.41, 5.74) is 0. The van der Waals surface area contributed by atoms with E-state index in [9.17, 15) is 4.79 Å². The molecule has 1 N–H and O–H groups in total. The van der Waals surface area contributed by atoms with Crippen LogP contribution < -0.4 is 5.32 Å². The van der Waals surface area contributed by atoms with Gasteiger partial charge in [0.15, 0.2) is 0 Å². The van der Waals surface area contributed by atoms with E-state index < -0.39 is 0 Å². The first kappa shape index (κ1) is 12.1. The van der Waals surface area contributed by atoms with Crippen LogP contribution in [-0.2, 0) is 4.79 Å². The van der Waals surface area contributed by atoms with E-state index in [0.717, 1.165) is 30.6 Å². The van der Waals surface area contributed by atoms with Crippen molar-refractivity contribution in [2.24, 2.45) is 11.8 Å². The van der Waals surface area contributed by atoms with Crippen LogP contribution in [0.2, 0.25) is 0 Å².